The molecule has 38 heavy (non-hydrogen) atoms. The van der Waals surface area contributed by atoms with Crippen LogP contribution < -0.4 is 9.30 Å². The zero-order chi connectivity index (χ0) is 27.1. The maximum absolute atomic E-state index is 7.01. The SMILES string of the molecule is Cc1ccc2c(CC(C)(C)C)c3c(c(C)c2c1)-c1c2c(cc4ccc(CC(C)(C)C)cc4c2cc[n+]1C)O3. The molecule has 2 heteroatoms. The number of rotatable bonds is 2. The molecule has 0 spiro atoms. The summed E-state index contributed by atoms with van der Waals surface area (Å²) < 4.78 is 9.31. The highest BCUT2D eigenvalue weighted by Crippen LogP contribution is 2.52. The second-order valence-electron chi connectivity index (χ2n) is 13.9. The summed E-state index contributed by atoms with van der Waals surface area (Å²) >= 11 is 0. The Hall–Kier alpha value is -3.39. The number of aryl methyl sites for hydroxylation is 3. The van der Waals surface area contributed by atoms with Crippen molar-refractivity contribution in [1.29, 1.82) is 0 Å². The summed E-state index contributed by atoms with van der Waals surface area (Å²) in [7, 11) is 2.18. The lowest BCUT2D eigenvalue weighted by atomic mass is 9.81. The number of nitrogens with zero attached hydrogens (tertiary/aromatic N) is 1. The Balaban J connectivity index is 1.73. The van der Waals surface area contributed by atoms with Gasteiger partial charge in [0.25, 0.3) is 0 Å². The van der Waals surface area contributed by atoms with Crippen LogP contribution in [0.2, 0.25) is 0 Å². The van der Waals surface area contributed by atoms with E-state index >= 15 is 0 Å². The molecule has 0 unspecified atom stereocenters. The first-order chi connectivity index (χ1) is 17.8. The van der Waals surface area contributed by atoms with Crippen LogP contribution in [0.1, 0.15) is 63.8 Å². The van der Waals surface area contributed by atoms with Crippen LogP contribution in [0.3, 0.4) is 0 Å². The Kier molecular flexibility index (Phi) is 5.44. The molecule has 1 aromatic heterocycles. The molecule has 0 radical (unpaired) electrons. The molecule has 0 amide bonds. The van der Waals surface area contributed by atoms with Crippen LogP contribution in [0.25, 0.3) is 43.6 Å². The van der Waals surface area contributed by atoms with Gasteiger partial charge in [0, 0.05) is 17.0 Å². The maximum Gasteiger partial charge on any atom is 0.228 e. The summed E-state index contributed by atoms with van der Waals surface area (Å²) in [5.41, 5.74) is 8.17. The molecule has 2 heterocycles. The van der Waals surface area contributed by atoms with Crippen LogP contribution in [-0.4, -0.2) is 0 Å². The van der Waals surface area contributed by atoms with Crippen LogP contribution in [-0.2, 0) is 19.9 Å². The minimum Gasteiger partial charge on any atom is -0.455 e. The number of benzene rings is 4. The van der Waals surface area contributed by atoms with Gasteiger partial charge < -0.3 is 4.74 Å². The fourth-order valence-corrected chi connectivity index (χ4v) is 6.43. The van der Waals surface area contributed by atoms with E-state index in [0.717, 1.165) is 24.3 Å². The molecule has 6 rings (SSSR count). The van der Waals surface area contributed by atoms with E-state index in [1.165, 1.54) is 65.8 Å². The van der Waals surface area contributed by atoms with E-state index in [0.29, 0.717) is 0 Å². The van der Waals surface area contributed by atoms with Gasteiger partial charge in [-0.2, -0.15) is 0 Å². The van der Waals surface area contributed by atoms with E-state index in [4.69, 9.17) is 4.74 Å². The van der Waals surface area contributed by atoms with Crippen LogP contribution in [0.4, 0.5) is 0 Å². The van der Waals surface area contributed by atoms with Gasteiger partial charge in [-0.3, -0.25) is 0 Å². The first-order valence-corrected chi connectivity index (χ1v) is 13.9. The molecule has 0 saturated heterocycles. The first kappa shape index (κ1) is 24.9. The van der Waals surface area contributed by atoms with Gasteiger partial charge in [0.1, 0.15) is 18.5 Å². The van der Waals surface area contributed by atoms with Gasteiger partial charge in [-0.1, -0.05) is 83.5 Å². The van der Waals surface area contributed by atoms with E-state index in [2.05, 4.69) is 122 Å². The maximum atomic E-state index is 7.01. The zero-order valence-electron chi connectivity index (χ0n) is 24.5. The Labute approximate surface area is 227 Å². The van der Waals surface area contributed by atoms with Crippen molar-refractivity contribution in [3.8, 4) is 22.8 Å². The van der Waals surface area contributed by atoms with E-state index < -0.39 is 0 Å². The Morgan fingerprint density at radius 1 is 0.737 bits per heavy atom. The number of hydrogen-bond donors (Lipinski definition) is 0. The molecule has 1 aliphatic rings. The van der Waals surface area contributed by atoms with Crippen molar-refractivity contribution in [3.63, 3.8) is 0 Å². The van der Waals surface area contributed by atoms with Gasteiger partial charge in [0.2, 0.25) is 5.69 Å². The Morgan fingerprint density at radius 2 is 1.47 bits per heavy atom. The van der Waals surface area contributed by atoms with Crippen molar-refractivity contribution in [3.05, 3.63) is 77.0 Å². The van der Waals surface area contributed by atoms with Gasteiger partial charge in [0.15, 0.2) is 6.20 Å². The lowest BCUT2D eigenvalue weighted by molar-refractivity contribution is -0.659. The monoisotopic (exact) mass is 502 g/mol. The third kappa shape index (κ3) is 4.06. The largest absolute Gasteiger partial charge is 0.455 e. The number of aromatic nitrogens is 1. The average molecular weight is 503 g/mol. The van der Waals surface area contributed by atoms with Crippen LogP contribution in [0.5, 0.6) is 11.5 Å². The van der Waals surface area contributed by atoms with Crippen molar-refractivity contribution >= 4 is 32.3 Å². The molecule has 1 aliphatic heterocycles. The topological polar surface area (TPSA) is 13.1 Å². The second kappa shape index (κ2) is 8.30. The van der Waals surface area contributed by atoms with Crippen molar-refractivity contribution < 1.29 is 9.30 Å². The molecule has 194 valence electrons. The Bertz CT molecular complexity index is 1780. The molecule has 4 aromatic carbocycles. The minimum absolute atomic E-state index is 0.130. The fourth-order valence-electron chi connectivity index (χ4n) is 6.43. The molecular formula is C36H40NO+. The predicted octanol–water partition coefficient (Wildman–Crippen LogP) is 9.54. The summed E-state index contributed by atoms with van der Waals surface area (Å²) in [5, 5.41) is 7.68. The summed E-state index contributed by atoms with van der Waals surface area (Å²) in [5.74, 6) is 2.00. The van der Waals surface area contributed by atoms with E-state index in [-0.39, 0.29) is 10.8 Å². The molecule has 0 aliphatic carbocycles. The third-order valence-corrected chi connectivity index (χ3v) is 7.94. The highest BCUT2D eigenvalue weighted by atomic mass is 16.5. The van der Waals surface area contributed by atoms with E-state index in [9.17, 15) is 0 Å². The number of fused-ring (bicyclic) bond motifs is 5. The molecule has 0 atom stereocenters. The van der Waals surface area contributed by atoms with Gasteiger partial charge in [-0.05, 0) is 76.3 Å². The molecule has 0 fully saturated rings. The highest BCUT2D eigenvalue weighted by molar-refractivity contribution is 6.16. The van der Waals surface area contributed by atoms with Gasteiger partial charge in [-0.15, -0.1) is 0 Å². The number of pyridine rings is 1. The van der Waals surface area contributed by atoms with Crippen LogP contribution in [0.15, 0.2) is 54.7 Å². The highest BCUT2D eigenvalue weighted by Gasteiger charge is 2.34. The van der Waals surface area contributed by atoms with Crippen molar-refractivity contribution in [1.82, 2.24) is 0 Å². The normalized spacial score (nSPS) is 13.3. The summed E-state index contributed by atoms with van der Waals surface area (Å²) in [6, 6.07) is 18.4. The van der Waals surface area contributed by atoms with Gasteiger partial charge in [-0.25, -0.2) is 4.57 Å². The molecule has 0 bridgehead atoms. The standard InChI is InChI=1S/C36H40NO/c1-21-10-13-25-27(16-21)22(2)31-33-32-26(14-15-37(33)9)28-17-23(19-35(3,4)5)11-12-24(28)18-30(32)38-34(31)29(25)20-36(6,7)8/h10-18H,19-20H2,1-9H3/q+1. The average Bonchev–Trinajstić information content (AvgIpc) is 2.81. The number of hydrogen-bond acceptors (Lipinski definition) is 1. The van der Waals surface area contributed by atoms with Crippen molar-refractivity contribution in [2.24, 2.45) is 17.9 Å². The van der Waals surface area contributed by atoms with Crippen LogP contribution in [0, 0.1) is 24.7 Å². The summed E-state index contributed by atoms with van der Waals surface area (Å²) in [6.07, 6.45) is 4.24. The molecule has 0 saturated carbocycles. The summed E-state index contributed by atoms with van der Waals surface area (Å²) in [6.45, 7) is 18.3. The number of ether oxygens (including phenoxy) is 1. The van der Waals surface area contributed by atoms with Crippen molar-refractivity contribution in [2.45, 2.75) is 68.2 Å². The van der Waals surface area contributed by atoms with E-state index in [1.54, 1.807) is 0 Å². The fraction of sp³-hybridized carbons (Fsp3) is 0.361. The van der Waals surface area contributed by atoms with E-state index in [1.807, 2.05) is 0 Å². The van der Waals surface area contributed by atoms with Crippen LogP contribution >= 0.6 is 0 Å². The predicted molar refractivity (Wildman–Crippen MR) is 161 cm³/mol. The van der Waals surface area contributed by atoms with Gasteiger partial charge in [0.05, 0.1) is 10.9 Å². The van der Waals surface area contributed by atoms with Crippen molar-refractivity contribution in [2.75, 3.05) is 0 Å². The lowest BCUT2D eigenvalue weighted by Crippen LogP contribution is -2.32. The molecule has 0 N–H and O–H groups in total. The summed E-state index contributed by atoms with van der Waals surface area (Å²) in [4.78, 5) is 0. The zero-order valence-corrected chi connectivity index (χ0v) is 24.5. The third-order valence-electron chi connectivity index (χ3n) is 7.94. The molecule has 5 aromatic rings. The Morgan fingerprint density at radius 3 is 2.18 bits per heavy atom. The lowest BCUT2D eigenvalue weighted by Gasteiger charge is -2.28. The minimum atomic E-state index is 0.130. The second-order valence-corrected chi connectivity index (χ2v) is 13.9. The first-order valence-electron chi connectivity index (χ1n) is 13.9. The molecular weight excluding hydrogens is 462 g/mol. The smallest absolute Gasteiger partial charge is 0.228 e. The molecule has 2 nitrogen and oxygen atoms in total. The van der Waals surface area contributed by atoms with Gasteiger partial charge >= 0.3 is 0 Å². The quantitative estimate of drug-likeness (QED) is 0.170.